The number of hydrogen-bond acceptors (Lipinski definition) is 4. The first-order valence-corrected chi connectivity index (χ1v) is 5.85. The molecule has 1 saturated carbocycles. The number of nitrogens with two attached hydrogens (primary N) is 1. The van der Waals surface area contributed by atoms with E-state index in [0.717, 1.165) is 0 Å². The molecule has 5 nitrogen and oxygen atoms in total. The first kappa shape index (κ1) is 11.9. The maximum Gasteiger partial charge on any atom is 0.269 e. The van der Waals surface area contributed by atoms with Crippen molar-refractivity contribution in [3.63, 3.8) is 0 Å². The van der Waals surface area contributed by atoms with Gasteiger partial charge in [-0.15, -0.1) is 0 Å². The van der Waals surface area contributed by atoms with Crippen molar-refractivity contribution in [2.75, 3.05) is 12.0 Å². The van der Waals surface area contributed by atoms with Gasteiger partial charge in [0.25, 0.3) is 5.91 Å². The summed E-state index contributed by atoms with van der Waals surface area (Å²) in [5.41, 5.74) is 3.09. The smallest absolute Gasteiger partial charge is 0.269 e. The molecule has 0 spiro atoms. The lowest BCUT2D eigenvalue weighted by Gasteiger charge is -2.38. The lowest BCUT2D eigenvalue weighted by molar-refractivity contribution is 0.0886. The SMILES string of the molecule is CC1(CNC(=O)c2cccc(NN)n2)CCC1. The Balaban J connectivity index is 1.94. The molecule has 0 unspecified atom stereocenters. The summed E-state index contributed by atoms with van der Waals surface area (Å²) in [5, 5.41) is 2.92. The predicted molar refractivity (Wildman–Crippen MR) is 66.3 cm³/mol. The van der Waals surface area contributed by atoms with Crippen molar-refractivity contribution >= 4 is 11.7 Å². The van der Waals surface area contributed by atoms with Crippen molar-refractivity contribution in [2.24, 2.45) is 11.3 Å². The monoisotopic (exact) mass is 234 g/mol. The van der Waals surface area contributed by atoms with E-state index in [0.29, 0.717) is 18.1 Å². The molecule has 1 aliphatic rings. The van der Waals surface area contributed by atoms with Crippen LogP contribution in [0.5, 0.6) is 0 Å². The number of rotatable bonds is 4. The highest BCUT2D eigenvalue weighted by Crippen LogP contribution is 2.39. The van der Waals surface area contributed by atoms with Crippen molar-refractivity contribution in [3.8, 4) is 0 Å². The van der Waals surface area contributed by atoms with E-state index in [1.807, 2.05) is 0 Å². The Morgan fingerprint density at radius 1 is 1.53 bits per heavy atom. The van der Waals surface area contributed by atoms with Crippen molar-refractivity contribution in [3.05, 3.63) is 23.9 Å². The van der Waals surface area contributed by atoms with Crippen LogP contribution in [0.4, 0.5) is 5.82 Å². The Hall–Kier alpha value is -1.62. The molecule has 1 heterocycles. The summed E-state index contributed by atoms with van der Waals surface area (Å²) < 4.78 is 0. The summed E-state index contributed by atoms with van der Waals surface area (Å²) in [6.07, 6.45) is 3.63. The Morgan fingerprint density at radius 2 is 2.29 bits per heavy atom. The number of nitrogen functional groups attached to an aromatic ring is 1. The zero-order valence-corrected chi connectivity index (χ0v) is 9.99. The van der Waals surface area contributed by atoms with Gasteiger partial charge in [-0.25, -0.2) is 10.8 Å². The highest BCUT2D eigenvalue weighted by atomic mass is 16.1. The van der Waals surface area contributed by atoms with Crippen LogP contribution in [0.1, 0.15) is 36.7 Å². The number of aromatic nitrogens is 1. The summed E-state index contributed by atoms with van der Waals surface area (Å²) in [4.78, 5) is 15.9. The van der Waals surface area contributed by atoms with E-state index in [1.165, 1.54) is 19.3 Å². The number of pyridine rings is 1. The molecule has 1 aromatic heterocycles. The van der Waals surface area contributed by atoms with E-state index in [1.54, 1.807) is 18.2 Å². The van der Waals surface area contributed by atoms with Crippen LogP contribution >= 0.6 is 0 Å². The van der Waals surface area contributed by atoms with Crippen molar-refractivity contribution < 1.29 is 4.79 Å². The number of hydrogen-bond donors (Lipinski definition) is 3. The molecule has 0 bridgehead atoms. The van der Waals surface area contributed by atoms with Gasteiger partial charge in [0.15, 0.2) is 0 Å². The van der Waals surface area contributed by atoms with Crippen molar-refractivity contribution in [1.29, 1.82) is 0 Å². The fourth-order valence-corrected chi connectivity index (χ4v) is 1.98. The first-order chi connectivity index (χ1) is 8.13. The molecule has 0 radical (unpaired) electrons. The Kier molecular flexibility index (Phi) is 3.28. The summed E-state index contributed by atoms with van der Waals surface area (Å²) in [6.45, 7) is 2.91. The molecule has 0 saturated heterocycles. The van der Waals surface area contributed by atoms with E-state index in [9.17, 15) is 4.79 Å². The van der Waals surface area contributed by atoms with Crippen molar-refractivity contribution in [1.82, 2.24) is 10.3 Å². The third-order valence-electron chi connectivity index (χ3n) is 3.37. The molecule has 0 atom stereocenters. The molecule has 1 amide bonds. The van der Waals surface area contributed by atoms with Gasteiger partial charge in [0.2, 0.25) is 0 Å². The van der Waals surface area contributed by atoms with Crippen LogP contribution in [0.25, 0.3) is 0 Å². The number of nitrogens with one attached hydrogen (secondary N) is 2. The molecular formula is C12H18N4O. The second-order valence-corrected chi connectivity index (χ2v) is 4.90. The average molecular weight is 234 g/mol. The second-order valence-electron chi connectivity index (χ2n) is 4.90. The second kappa shape index (κ2) is 4.71. The van der Waals surface area contributed by atoms with Gasteiger partial charge in [-0.3, -0.25) is 4.79 Å². The fourth-order valence-electron chi connectivity index (χ4n) is 1.98. The molecule has 5 heteroatoms. The predicted octanol–water partition coefficient (Wildman–Crippen LogP) is 1.29. The maximum atomic E-state index is 11.9. The molecule has 0 aromatic carbocycles. The highest BCUT2D eigenvalue weighted by Gasteiger charge is 2.31. The van der Waals surface area contributed by atoms with E-state index in [-0.39, 0.29) is 11.3 Å². The Labute approximate surface area is 101 Å². The molecule has 1 fully saturated rings. The summed E-state index contributed by atoms with van der Waals surface area (Å²) in [7, 11) is 0. The van der Waals surface area contributed by atoms with E-state index in [4.69, 9.17) is 5.84 Å². The first-order valence-electron chi connectivity index (χ1n) is 5.85. The molecule has 1 aromatic rings. The molecule has 0 aliphatic heterocycles. The summed E-state index contributed by atoms with van der Waals surface area (Å²) in [6, 6.07) is 5.14. The third-order valence-corrected chi connectivity index (χ3v) is 3.37. The van der Waals surface area contributed by atoms with Gasteiger partial charge in [-0.1, -0.05) is 19.4 Å². The van der Waals surface area contributed by atoms with Gasteiger partial charge in [0, 0.05) is 6.54 Å². The molecule has 1 aliphatic carbocycles. The zero-order chi connectivity index (χ0) is 12.3. The van der Waals surface area contributed by atoms with Crippen molar-refractivity contribution in [2.45, 2.75) is 26.2 Å². The Bertz CT molecular complexity index is 415. The van der Waals surface area contributed by atoms with Crippen LogP contribution in [0.2, 0.25) is 0 Å². The van der Waals surface area contributed by atoms with Gasteiger partial charge in [-0.2, -0.15) is 0 Å². The molecule has 92 valence electrons. The minimum absolute atomic E-state index is 0.143. The van der Waals surface area contributed by atoms with E-state index >= 15 is 0 Å². The number of amides is 1. The topological polar surface area (TPSA) is 80.0 Å². The summed E-state index contributed by atoms with van der Waals surface area (Å²) in [5.74, 6) is 5.60. The van der Waals surface area contributed by atoms with Gasteiger partial charge in [-0.05, 0) is 30.4 Å². The van der Waals surface area contributed by atoms with Crippen LogP contribution < -0.4 is 16.6 Å². The van der Waals surface area contributed by atoms with Gasteiger partial charge in [0.1, 0.15) is 11.5 Å². The minimum Gasteiger partial charge on any atom is -0.350 e. The van der Waals surface area contributed by atoms with Gasteiger partial charge < -0.3 is 10.7 Å². The van der Waals surface area contributed by atoms with Gasteiger partial charge >= 0.3 is 0 Å². The molecule has 4 N–H and O–H groups in total. The van der Waals surface area contributed by atoms with E-state index in [2.05, 4.69) is 22.7 Å². The highest BCUT2D eigenvalue weighted by molar-refractivity contribution is 5.92. The average Bonchev–Trinajstić information content (AvgIpc) is 2.33. The zero-order valence-electron chi connectivity index (χ0n) is 9.99. The van der Waals surface area contributed by atoms with Crippen LogP contribution in [0.15, 0.2) is 18.2 Å². The third kappa shape index (κ3) is 2.74. The summed E-state index contributed by atoms with van der Waals surface area (Å²) >= 11 is 0. The number of nitrogens with zero attached hydrogens (tertiary/aromatic N) is 1. The number of hydrazine groups is 1. The minimum atomic E-state index is -0.143. The molecule has 2 rings (SSSR count). The number of carbonyl (C=O) groups excluding carboxylic acids is 1. The molecule has 17 heavy (non-hydrogen) atoms. The molecular weight excluding hydrogens is 216 g/mol. The quantitative estimate of drug-likeness (QED) is 0.541. The number of anilines is 1. The lowest BCUT2D eigenvalue weighted by atomic mass is 9.70. The van der Waals surface area contributed by atoms with Crippen LogP contribution in [0, 0.1) is 5.41 Å². The van der Waals surface area contributed by atoms with Crippen LogP contribution in [-0.2, 0) is 0 Å². The van der Waals surface area contributed by atoms with E-state index < -0.39 is 0 Å². The fraction of sp³-hybridized carbons (Fsp3) is 0.500. The lowest BCUT2D eigenvalue weighted by Crippen LogP contribution is -2.40. The Morgan fingerprint density at radius 3 is 2.88 bits per heavy atom. The van der Waals surface area contributed by atoms with Crippen LogP contribution in [0.3, 0.4) is 0 Å². The maximum absolute atomic E-state index is 11.9. The number of carbonyl (C=O) groups is 1. The van der Waals surface area contributed by atoms with Crippen LogP contribution in [-0.4, -0.2) is 17.4 Å². The standard InChI is InChI=1S/C12H18N4O/c1-12(6-3-7-12)8-14-11(17)9-4-2-5-10(15-9)16-13/h2,4-5H,3,6-8,13H2,1H3,(H,14,17)(H,15,16). The largest absolute Gasteiger partial charge is 0.350 e. The normalized spacial score (nSPS) is 17.1. The van der Waals surface area contributed by atoms with Gasteiger partial charge in [0.05, 0.1) is 0 Å².